The predicted molar refractivity (Wildman–Crippen MR) is 283 cm³/mol. The minimum atomic E-state index is -2.90. The van der Waals surface area contributed by atoms with Gasteiger partial charge in [-0.2, -0.15) is 0 Å². The summed E-state index contributed by atoms with van der Waals surface area (Å²) in [6, 6.07) is 10.5. The van der Waals surface area contributed by atoms with Gasteiger partial charge in [-0.05, 0) is 118 Å². The lowest BCUT2D eigenvalue weighted by Gasteiger charge is -2.41. The van der Waals surface area contributed by atoms with Crippen molar-refractivity contribution in [2.24, 2.45) is 11.3 Å². The van der Waals surface area contributed by atoms with E-state index in [-0.39, 0.29) is 44.2 Å². The Hall–Kier alpha value is -6.29. The van der Waals surface area contributed by atoms with Gasteiger partial charge in [0.25, 0.3) is 24.1 Å². The van der Waals surface area contributed by atoms with Crippen molar-refractivity contribution in [2.75, 3.05) is 53.5 Å². The van der Waals surface area contributed by atoms with Crippen molar-refractivity contribution >= 4 is 40.5 Å². The Labute approximate surface area is 444 Å². The monoisotopic (exact) mass is 1050 g/mol. The molecule has 5 atom stereocenters. The van der Waals surface area contributed by atoms with Crippen LogP contribution in [-0.4, -0.2) is 142 Å². The highest BCUT2D eigenvalue weighted by molar-refractivity contribution is 5.98. The molecule has 0 saturated carbocycles. The van der Waals surface area contributed by atoms with Crippen molar-refractivity contribution in [2.45, 2.75) is 142 Å². The molecule has 408 valence electrons. The molecule has 4 amide bonds. The number of benzene rings is 2. The Morgan fingerprint density at radius 2 is 1.78 bits per heavy atom. The summed E-state index contributed by atoms with van der Waals surface area (Å²) >= 11 is 0. The Kier molecular flexibility index (Phi) is 16.5. The van der Waals surface area contributed by atoms with E-state index < -0.39 is 83.2 Å². The van der Waals surface area contributed by atoms with Crippen LogP contribution in [0.3, 0.4) is 0 Å². The maximum atomic E-state index is 16.9. The van der Waals surface area contributed by atoms with Gasteiger partial charge in [0.2, 0.25) is 11.6 Å². The molecule has 1 unspecified atom stereocenters. The quantitative estimate of drug-likeness (QED) is 0.113. The van der Waals surface area contributed by atoms with E-state index in [1.54, 1.807) is 33.2 Å². The largest absolute Gasteiger partial charge is 0.464 e. The third-order valence-corrected chi connectivity index (χ3v) is 15.6. The summed E-state index contributed by atoms with van der Waals surface area (Å²) in [6.45, 7) is 17.1. The number of hydrogen-bond donors (Lipinski definition) is 2. The first-order valence-electron chi connectivity index (χ1n) is 26.6. The lowest BCUT2D eigenvalue weighted by molar-refractivity contribution is -0.155. The van der Waals surface area contributed by atoms with Gasteiger partial charge in [0, 0.05) is 93.4 Å². The predicted octanol–water partition coefficient (Wildman–Crippen LogP) is 7.59. The van der Waals surface area contributed by atoms with E-state index in [0.29, 0.717) is 42.5 Å². The number of aryl methyl sites for hydroxylation is 1. The van der Waals surface area contributed by atoms with Crippen molar-refractivity contribution in [3.63, 3.8) is 0 Å². The number of cyclic esters (lactones) is 1. The number of hydrogen-bond acceptors (Lipinski definition) is 10. The zero-order chi connectivity index (χ0) is 55.0. The molecule has 3 fully saturated rings. The van der Waals surface area contributed by atoms with E-state index in [4.69, 9.17) is 14.5 Å². The Bertz CT molecular complexity index is 2940. The topological polar surface area (TPSA) is 159 Å². The highest BCUT2D eigenvalue weighted by atomic mass is 19.3. The van der Waals surface area contributed by atoms with Gasteiger partial charge in [0.05, 0.1) is 36.2 Å². The number of hydrazine groups is 1. The van der Waals surface area contributed by atoms with Gasteiger partial charge in [-0.25, -0.2) is 18.6 Å². The molecule has 3 saturated heterocycles. The van der Waals surface area contributed by atoms with Crippen LogP contribution in [-0.2, 0) is 52.8 Å². The number of nitrogens with zero attached hydrogens (tertiary/aromatic N) is 6. The molecule has 4 aromatic rings. The number of nitrogens with one attached hydrogen (secondary N) is 2. The van der Waals surface area contributed by atoms with Crippen molar-refractivity contribution in [1.29, 1.82) is 0 Å². The number of aromatic nitrogens is 2. The highest BCUT2D eigenvalue weighted by Gasteiger charge is 2.50. The van der Waals surface area contributed by atoms with Crippen LogP contribution in [0, 0.1) is 23.2 Å². The lowest BCUT2D eigenvalue weighted by atomic mass is 9.84. The number of likely N-dealkylation sites (N-methyl/N-ethyl adjacent to an activating group) is 1. The average molecular weight is 1050 g/mol. The fourth-order valence-electron chi connectivity index (χ4n) is 11.2. The van der Waals surface area contributed by atoms with Crippen LogP contribution in [0.1, 0.15) is 116 Å². The third kappa shape index (κ3) is 11.5. The second kappa shape index (κ2) is 22.4. The number of pyridine rings is 1. The standard InChI is InChI=1S/C58H73F3N8O7/c1-11-68-46-18-17-38-31-42(46)43(50(68)41-15-12-22-62-48(41)36(4)75-10)32-56(5,6)34-76-54(73)44-16-13-25-69(64-44)53(72)45(29-37-27-39(38)30-40(28-37)51(59)60)63-52(71)49(35(2)3)65(9)55(74)58(61)21-26-66(33-58)47(70)19-20-57(7,8)67-23-14-24-67/h12,15,17-18,22,27-28,30-31,35-36,44-45,49,51,64H,11,13-14,16,21,23-26,29,32-34H2,1-10H3,(H,63,71)/t36-,44-,45-,49?,58+/m0/s1. The minimum Gasteiger partial charge on any atom is -0.464 e. The molecule has 18 heteroatoms. The van der Waals surface area contributed by atoms with Crippen LogP contribution < -0.4 is 10.7 Å². The summed E-state index contributed by atoms with van der Waals surface area (Å²) < 4.78 is 61.1. The van der Waals surface area contributed by atoms with Crippen LogP contribution in [0.25, 0.3) is 33.3 Å². The average Bonchev–Trinajstić information content (AvgIpc) is 3.94. The molecule has 2 aromatic heterocycles. The van der Waals surface area contributed by atoms with E-state index in [9.17, 15) is 24.0 Å². The number of amides is 4. The van der Waals surface area contributed by atoms with Crippen molar-refractivity contribution < 1.29 is 46.6 Å². The first-order chi connectivity index (χ1) is 35.9. The number of carbonyl (C=O) groups excluding carboxylic acids is 5. The molecule has 4 aliphatic rings. The number of methoxy groups -OCH3 is 1. The van der Waals surface area contributed by atoms with Gasteiger partial charge in [-0.15, -0.1) is 0 Å². The Balaban J connectivity index is 1.16. The maximum absolute atomic E-state index is 16.9. The number of alkyl halides is 3. The van der Waals surface area contributed by atoms with Gasteiger partial charge in [-0.3, -0.25) is 38.9 Å². The molecule has 0 aliphatic carbocycles. The molecule has 6 bridgehead atoms. The number of carbonyl (C=O) groups is 5. The summed E-state index contributed by atoms with van der Waals surface area (Å²) in [5, 5.41) is 4.96. The number of rotatable bonds is 11. The maximum Gasteiger partial charge on any atom is 0.324 e. The van der Waals surface area contributed by atoms with Gasteiger partial charge in [0.1, 0.15) is 18.1 Å². The van der Waals surface area contributed by atoms with Crippen molar-refractivity contribution in [3.05, 3.63) is 77.1 Å². The molecule has 0 spiro atoms. The van der Waals surface area contributed by atoms with Crippen LogP contribution in [0.15, 0.2) is 54.7 Å². The van der Waals surface area contributed by atoms with Gasteiger partial charge < -0.3 is 29.2 Å². The minimum absolute atomic E-state index is 0.0192. The Morgan fingerprint density at radius 3 is 2.45 bits per heavy atom. The summed E-state index contributed by atoms with van der Waals surface area (Å²) in [5.74, 6) is 1.43. The summed E-state index contributed by atoms with van der Waals surface area (Å²) in [7, 11) is 2.95. The molecule has 0 radical (unpaired) electrons. The number of ether oxygens (including phenoxy) is 2. The lowest BCUT2D eigenvalue weighted by Crippen LogP contribution is -2.62. The zero-order valence-electron chi connectivity index (χ0n) is 45.5. The fourth-order valence-corrected chi connectivity index (χ4v) is 11.2. The molecule has 4 aliphatic heterocycles. The van der Waals surface area contributed by atoms with Crippen LogP contribution in [0.2, 0.25) is 0 Å². The van der Waals surface area contributed by atoms with E-state index in [1.807, 2.05) is 65.0 Å². The number of fused-ring (bicyclic) bond motifs is 6. The second-order valence-electron chi connectivity index (χ2n) is 22.6. The van der Waals surface area contributed by atoms with E-state index in [0.717, 1.165) is 57.8 Å². The molecule has 6 heterocycles. The molecule has 2 N–H and O–H groups in total. The first kappa shape index (κ1) is 55.9. The van der Waals surface area contributed by atoms with Gasteiger partial charge in [-0.1, -0.05) is 51.8 Å². The highest BCUT2D eigenvalue weighted by Crippen LogP contribution is 2.42. The zero-order valence-corrected chi connectivity index (χ0v) is 45.5. The van der Waals surface area contributed by atoms with Crippen molar-refractivity contribution in [3.8, 4) is 34.2 Å². The molecule has 15 nitrogen and oxygen atoms in total. The van der Waals surface area contributed by atoms with E-state index >= 15 is 13.2 Å². The van der Waals surface area contributed by atoms with Gasteiger partial charge in [0.15, 0.2) is 0 Å². The third-order valence-electron chi connectivity index (χ3n) is 15.6. The van der Waals surface area contributed by atoms with E-state index in [1.165, 1.54) is 29.1 Å². The summed E-state index contributed by atoms with van der Waals surface area (Å²) in [6.07, 6.45) is 0.123. The molecular weight excluding hydrogens is 978 g/mol. The van der Waals surface area contributed by atoms with Crippen LogP contribution in [0.4, 0.5) is 13.2 Å². The Morgan fingerprint density at radius 1 is 1.03 bits per heavy atom. The number of esters is 1. The normalized spacial score (nSPS) is 22.1. The molecule has 8 rings (SSSR count). The SMILES string of the molecule is CCn1c(-c2cccnc2[C@H](C)OC)c2c3cc(ccc31)-c1cc(cc(C(F)F)c1)C[C@H](NC(=O)C(C(C)C)N(C)C(=O)[C@@]1(F)CCN(C(=O)C#CC(C)(C)N3CCC3)C1)C(=O)N1CCC[C@H](N1)C(=O)OCC(C)(C)C2. The smallest absolute Gasteiger partial charge is 0.324 e. The van der Waals surface area contributed by atoms with Crippen LogP contribution >= 0.6 is 0 Å². The fraction of sp³-hybridized carbons (Fsp3) is 0.552. The molecule has 76 heavy (non-hydrogen) atoms. The summed E-state index contributed by atoms with van der Waals surface area (Å²) in [5.41, 5.74) is 4.78. The van der Waals surface area contributed by atoms with E-state index in [2.05, 4.69) is 39.0 Å². The molecule has 2 aromatic carbocycles. The number of halogens is 3. The second-order valence-corrected chi connectivity index (χ2v) is 22.6. The first-order valence-corrected chi connectivity index (χ1v) is 26.6. The molecular formula is C58H73F3N8O7. The summed E-state index contributed by atoms with van der Waals surface area (Å²) in [4.78, 5) is 80.2. The number of likely N-dealkylation sites (tertiary alicyclic amines) is 2. The van der Waals surface area contributed by atoms with Crippen molar-refractivity contribution in [1.82, 2.24) is 40.0 Å². The van der Waals surface area contributed by atoms with Crippen LogP contribution in [0.5, 0.6) is 0 Å². The van der Waals surface area contributed by atoms with Gasteiger partial charge >= 0.3 is 5.97 Å².